The van der Waals surface area contributed by atoms with Gasteiger partial charge in [-0.05, 0) is 47.0 Å². The van der Waals surface area contributed by atoms with E-state index in [0.29, 0.717) is 38.5 Å². The number of carbonyl (C=O) groups excluding carboxylic acids is 1. The van der Waals surface area contributed by atoms with Crippen molar-refractivity contribution in [1.82, 2.24) is 14.9 Å². The molecule has 2 amide bonds. The Morgan fingerprint density at radius 3 is 2.41 bits per heavy atom. The predicted molar refractivity (Wildman–Crippen MR) is 163 cm³/mol. The first kappa shape index (κ1) is 30.1. The summed E-state index contributed by atoms with van der Waals surface area (Å²) in [5.74, 6) is 1.39. The van der Waals surface area contributed by atoms with E-state index in [-0.39, 0.29) is 12.5 Å². The summed E-state index contributed by atoms with van der Waals surface area (Å²) >= 11 is 10.4. The van der Waals surface area contributed by atoms with Gasteiger partial charge in [0.15, 0.2) is 0 Å². The number of urea groups is 1. The van der Waals surface area contributed by atoms with Gasteiger partial charge in [-0.1, -0.05) is 85.2 Å². The molecule has 41 heavy (non-hydrogen) atoms. The molecule has 9 nitrogen and oxygen atoms in total. The first-order chi connectivity index (χ1) is 19.6. The third kappa shape index (κ3) is 7.09. The first-order valence-electron chi connectivity index (χ1n) is 12.4. The van der Waals surface area contributed by atoms with Crippen molar-refractivity contribution in [3.8, 4) is 28.1 Å². The first-order valence-corrected chi connectivity index (χ1v) is 14.3. The van der Waals surface area contributed by atoms with Crippen LogP contribution in [0.4, 0.5) is 10.5 Å². The number of rotatable bonds is 10. The molecule has 0 spiro atoms. The molecule has 0 saturated carbocycles. The molecule has 0 saturated heterocycles. The van der Waals surface area contributed by atoms with Crippen molar-refractivity contribution in [3.05, 3.63) is 94.2 Å². The summed E-state index contributed by atoms with van der Waals surface area (Å²) in [4.78, 5) is 12.0. The minimum absolute atomic E-state index is 0.0655. The minimum Gasteiger partial charge on any atom is -0.489 e. The number of ether oxygens (including phenoxy) is 1. The molecule has 1 heterocycles. The van der Waals surface area contributed by atoms with Gasteiger partial charge in [-0.2, -0.15) is 0 Å². The maximum Gasteiger partial charge on any atom is 0.349 e. The number of amides is 2. The maximum atomic E-state index is 12.0. The lowest BCUT2D eigenvalue weighted by atomic mass is 10.0. The van der Waals surface area contributed by atoms with E-state index in [1.54, 1.807) is 24.3 Å². The molecule has 1 atom stereocenters. The highest BCUT2D eigenvalue weighted by atomic mass is 35.5. The van der Waals surface area contributed by atoms with Crippen molar-refractivity contribution in [1.29, 1.82) is 0 Å². The van der Waals surface area contributed by atoms with Gasteiger partial charge in [-0.15, -0.1) is 0 Å². The largest absolute Gasteiger partial charge is 0.489 e. The number of hydrogen-bond acceptors (Lipinski definition) is 6. The summed E-state index contributed by atoms with van der Waals surface area (Å²) in [6.45, 7) is 8.02. The second-order valence-electron chi connectivity index (χ2n) is 9.27. The highest BCUT2D eigenvalue weighted by molar-refractivity contribution is 7.77. The summed E-state index contributed by atoms with van der Waals surface area (Å²) in [6, 6.07) is 17.7. The van der Waals surface area contributed by atoms with Crippen LogP contribution in [0.1, 0.15) is 36.7 Å². The lowest BCUT2D eigenvalue weighted by Crippen LogP contribution is -2.41. The average Bonchev–Trinajstić information content (AvgIpc) is 3.35. The van der Waals surface area contributed by atoms with Crippen LogP contribution < -0.4 is 14.9 Å². The van der Waals surface area contributed by atoms with Crippen molar-refractivity contribution in [2.45, 2.75) is 26.4 Å². The summed E-state index contributed by atoms with van der Waals surface area (Å²) < 4.78 is 33.5. The van der Waals surface area contributed by atoms with E-state index >= 15 is 0 Å². The molecule has 3 N–H and O–H groups in total. The van der Waals surface area contributed by atoms with Crippen LogP contribution in [0.2, 0.25) is 10.0 Å². The molecule has 1 aromatic heterocycles. The van der Waals surface area contributed by atoms with E-state index in [0.717, 1.165) is 27.3 Å². The fourth-order valence-electron chi connectivity index (χ4n) is 4.12. The Morgan fingerprint density at radius 1 is 1.15 bits per heavy atom. The molecule has 4 aromatic rings. The van der Waals surface area contributed by atoms with Gasteiger partial charge in [0, 0.05) is 18.5 Å². The number of hydrogen-bond donors (Lipinski definition) is 3. The lowest BCUT2D eigenvalue weighted by molar-refractivity contribution is 0.222. The smallest absolute Gasteiger partial charge is 0.349 e. The molecule has 12 heteroatoms. The number of hydrazine groups is 1. The molecule has 4 rings (SSSR count). The van der Waals surface area contributed by atoms with Crippen molar-refractivity contribution in [2.24, 2.45) is 0 Å². The quantitative estimate of drug-likeness (QED) is 0.123. The van der Waals surface area contributed by atoms with Crippen LogP contribution in [0.5, 0.6) is 5.75 Å². The number of carbonyl (C=O) groups is 1. The molecular formula is C29H28Cl2N4O5S. The fourth-order valence-corrected chi connectivity index (χ4v) is 4.98. The zero-order chi connectivity index (χ0) is 29.7. The standard InChI is InChI=1S/C29H28Cl2N4O5S/c1-5-18-9-10-20(15-25(18)32-35(4)29(36)34-41(37)38)19-11-13-21(14-12-19)39-16-22-27(33-40-28(22)17(2)3)26-23(30)7-6-8-24(26)31/h5-15,17,32H,1,16H2,2-4H3,(H,34,36)(H,37,38). The van der Waals surface area contributed by atoms with Gasteiger partial charge >= 0.3 is 6.03 Å². The Balaban J connectivity index is 1.54. The molecule has 0 bridgehead atoms. The topological polar surface area (TPSA) is 117 Å². The molecule has 0 aliphatic rings. The highest BCUT2D eigenvalue weighted by Crippen LogP contribution is 2.39. The molecule has 3 aromatic carbocycles. The van der Waals surface area contributed by atoms with Gasteiger partial charge in [0.1, 0.15) is 23.8 Å². The van der Waals surface area contributed by atoms with E-state index in [2.05, 4.69) is 17.2 Å². The van der Waals surface area contributed by atoms with E-state index in [9.17, 15) is 9.00 Å². The molecule has 0 aliphatic heterocycles. The third-order valence-electron chi connectivity index (χ3n) is 6.15. The lowest BCUT2D eigenvalue weighted by Gasteiger charge is -2.21. The number of nitrogens with zero attached hydrogens (tertiary/aromatic N) is 2. The van der Waals surface area contributed by atoms with Gasteiger partial charge < -0.3 is 9.26 Å². The predicted octanol–water partition coefficient (Wildman–Crippen LogP) is 7.77. The number of benzene rings is 3. The van der Waals surface area contributed by atoms with Crippen LogP contribution in [0.25, 0.3) is 28.5 Å². The van der Waals surface area contributed by atoms with Crippen LogP contribution in [0, 0.1) is 0 Å². The second-order valence-corrected chi connectivity index (χ2v) is 10.8. The number of aromatic nitrogens is 1. The van der Waals surface area contributed by atoms with E-state index in [1.807, 2.05) is 61.0 Å². The summed E-state index contributed by atoms with van der Waals surface area (Å²) in [6.07, 6.45) is 1.64. The Hall–Kier alpha value is -3.83. The zero-order valence-corrected chi connectivity index (χ0v) is 24.8. The minimum atomic E-state index is -2.48. The zero-order valence-electron chi connectivity index (χ0n) is 22.5. The van der Waals surface area contributed by atoms with E-state index in [4.69, 9.17) is 37.0 Å². The van der Waals surface area contributed by atoms with Crippen LogP contribution in [0.15, 0.2) is 71.8 Å². The van der Waals surface area contributed by atoms with Crippen LogP contribution >= 0.6 is 23.2 Å². The Bertz CT molecular complexity index is 1570. The number of anilines is 1. The van der Waals surface area contributed by atoms with Gasteiger partial charge in [-0.25, -0.2) is 18.7 Å². The van der Waals surface area contributed by atoms with Crippen LogP contribution in [-0.4, -0.2) is 32.0 Å². The Morgan fingerprint density at radius 2 is 1.80 bits per heavy atom. The number of halogens is 2. The van der Waals surface area contributed by atoms with Gasteiger partial charge in [0.2, 0.25) is 0 Å². The van der Waals surface area contributed by atoms with Crippen molar-refractivity contribution in [2.75, 3.05) is 12.5 Å². The number of nitrogens with one attached hydrogen (secondary N) is 2. The molecule has 0 fully saturated rings. The third-order valence-corrected chi connectivity index (χ3v) is 7.13. The Labute approximate surface area is 250 Å². The van der Waals surface area contributed by atoms with Gasteiger partial charge in [0.05, 0.1) is 21.3 Å². The molecule has 0 aliphatic carbocycles. The van der Waals surface area contributed by atoms with Crippen molar-refractivity contribution < 1.29 is 22.8 Å². The molecular weight excluding hydrogens is 587 g/mol. The monoisotopic (exact) mass is 614 g/mol. The van der Waals surface area contributed by atoms with E-state index < -0.39 is 17.3 Å². The fraction of sp³-hybridized carbons (Fsp3) is 0.172. The summed E-state index contributed by atoms with van der Waals surface area (Å²) in [5, 5.41) is 6.28. The van der Waals surface area contributed by atoms with Crippen molar-refractivity contribution >= 4 is 52.3 Å². The van der Waals surface area contributed by atoms with Crippen molar-refractivity contribution in [3.63, 3.8) is 0 Å². The molecule has 0 radical (unpaired) electrons. The van der Waals surface area contributed by atoms with E-state index in [1.165, 1.54) is 7.05 Å². The summed E-state index contributed by atoms with van der Waals surface area (Å²) in [5.41, 5.74) is 7.91. The summed E-state index contributed by atoms with van der Waals surface area (Å²) in [7, 11) is 1.43. The SMILES string of the molecule is C=Cc1ccc(-c2ccc(OCc3c(-c4c(Cl)cccc4Cl)noc3C(C)C)cc2)cc1NN(C)C(=O)NS(=O)O. The molecule has 1 unspecified atom stereocenters. The Kier molecular flexibility index (Phi) is 9.72. The van der Waals surface area contributed by atoms with Crippen LogP contribution in [0.3, 0.4) is 0 Å². The highest BCUT2D eigenvalue weighted by Gasteiger charge is 2.24. The average molecular weight is 616 g/mol. The maximum absolute atomic E-state index is 12.0. The normalized spacial score (nSPS) is 11.7. The second kappa shape index (κ2) is 13.2. The van der Waals surface area contributed by atoms with Crippen LogP contribution in [-0.2, 0) is 17.9 Å². The van der Waals surface area contributed by atoms with Gasteiger partial charge in [-0.3, -0.25) is 9.98 Å². The van der Waals surface area contributed by atoms with Gasteiger partial charge in [0.25, 0.3) is 11.3 Å². The molecule has 214 valence electrons.